The molecule has 0 aliphatic carbocycles. The molecule has 6 heteroatoms. The van der Waals surface area contributed by atoms with E-state index in [0.29, 0.717) is 45.1 Å². The van der Waals surface area contributed by atoms with E-state index >= 15 is 0 Å². The second-order valence-electron chi connectivity index (χ2n) is 8.93. The van der Waals surface area contributed by atoms with E-state index in [9.17, 15) is 9.59 Å². The number of hydrogen-bond donors (Lipinski definition) is 0. The third-order valence-electron chi connectivity index (χ3n) is 6.63. The number of piperidine rings is 1. The fourth-order valence-corrected chi connectivity index (χ4v) is 4.81. The van der Waals surface area contributed by atoms with Gasteiger partial charge in [-0.05, 0) is 63.1 Å². The topological polar surface area (TPSA) is 59.1 Å². The van der Waals surface area contributed by atoms with Crippen molar-refractivity contribution in [2.45, 2.75) is 72.3 Å². The lowest BCUT2D eigenvalue weighted by atomic mass is 9.79. The highest BCUT2D eigenvalue weighted by Crippen LogP contribution is 2.44. The summed E-state index contributed by atoms with van der Waals surface area (Å²) in [5.74, 6) is -0.555. The third kappa shape index (κ3) is 4.05. The van der Waals surface area contributed by atoms with E-state index in [1.165, 1.54) is 5.06 Å². The Balaban J connectivity index is 1.87. The van der Waals surface area contributed by atoms with Gasteiger partial charge in [0.1, 0.15) is 11.5 Å². The smallest absolute Gasteiger partial charge is 0.262 e. The Morgan fingerprint density at radius 3 is 2.20 bits per heavy atom. The van der Waals surface area contributed by atoms with Gasteiger partial charge in [0, 0.05) is 13.1 Å². The summed E-state index contributed by atoms with van der Waals surface area (Å²) in [6, 6.07) is 4.09. The van der Waals surface area contributed by atoms with Crippen LogP contribution in [0.15, 0.2) is 12.1 Å². The first-order valence-electron chi connectivity index (χ1n) is 11.2. The molecule has 30 heavy (non-hydrogen) atoms. The molecule has 0 bridgehead atoms. The fourth-order valence-electron chi connectivity index (χ4n) is 4.81. The van der Waals surface area contributed by atoms with Crippen molar-refractivity contribution < 1.29 is 19.3 Å². The number of Topliss-reactive ketones (excluding diaryl/α,β-unsaturated/α-hetero) is 1. The summed E-state index contributed by atoms with van der Waals surface area (Å²) in [5.41, 5.74) is 3.05. The van der Waals surface area contributed by atoms with Crippen LogP contribution in [0.2, 0.25) is 0 Å². The van der Waals surface area contributed by atoms with Crippen molar-refractivity contribution in [2.24, 2.45) is 5.92 Å². The van der Waals surface area contributed by atoms with Gasteiger partial charge in [-0.15, -0.1) is 0 Å². The van der Waals surface area contributed by atoms with Crippen molar-refractivity contribution >= 4 is 11.7 Å². The average molecular weight is 417 g/mol. The van der Waals surface area contributed by atoms with E-state index in [1.54, 1.807) is 0 Å². The number of aryl methyl sites for hydroxylation is 3. The van der Waals surface area contributed by atoms with Crippen LogP contribution in [0.5, 0.6) is 0 Å². The van der Waals surface area contributed by atoms with Crippen LogP contribution in [0.25, 0.3) is 0 Å². The minimum Gasteiger partial charge on any atom is -0.299 e. The molecule has 3 rings (SSSR count). The minimum atomic E-state index is -0.905. The van der Waals surface area contributed by atoms with Gasteiger partial charge in [-0.1, -0.05) is 38.0 Å². The van der Waals surface area contributed by atoms with Crippen molar-refractivity contribution in [3.8, 4) is 0 Å². The normalized spacial score (nSPS) is 22.9. The quantitative estimate of drug-likeness (QED) is 0.632. The van der Waals surface area contributed by atoms with Crippen LogP contribution < -0.4 is 0 Å². The molecule has 1 aromatic carbocycles. The number of benzene rings is 1. The second-order valence-corrected chi connectivity index (χ2v) is 8.93. The summed E-state index contributed by atoms with van der Waals surface area (Å²) in [6.45, 7) is 14.4. The van der Waals surface area contributed by atoms with Gasteiger partial charge in [0.05, 0.1) is 13.2 Å². The maximum absolute atomic E-state index is 13.8. The van der Waals surface area contributed by atoms with Crippen LogP contribution in [0.3, 0.4) is 0 Å². The number of carbonyl (C=O) groups is 2. The Morgan fingerprint density at radius 2 is 1.67 bits per heavy atom. The first kappa shape index (κ1) is 22.9. The summed E-state index contributed by atoms with van der Waals surface area (Å²) in [7, 11) is 0. The highest BCUT2D eigenvalue weighted by atomic mass is 16.7. The van der Waals surface area contributed by atoms with Gasteiger partial charge in [0.2, 0.25) is 0 Å². The van der Waals surface area contributed by atoms with Crippen LogP contribution in [-0.4, -0.2) is 53.7 Å². The molecule has 0 radical (unpaired) electrons. The zero-order valence-corrected chi connectivity index (χ0v) is 19.3. The number of carbonyl (C=O) groups excluding carboxylic acids is 2. The lowest BCUT2D eigenvalue weighted by Gasteiger charge is -2.41. The molecule has 1 spiro atoms. The maximum atomic E-state index is 13.8. The minimum absolute atomic E-state index is 0.0300. The molecule has 2 saturated heterocycles. The largest absolute Gasteiger partial charge is 0.299 e. The molecule has 6 nitrogen and oxygen atoms in total. The van der Waals surface area contributed by atoms with Gasteiger partial charge < -0.3 is 0 Å². The van der Waals surface area contributed by atoms with Crippen molar-refractivity contribution in [2.75, 3.05) is 26.3 Å². The van der Waals surface area contributed by atoms with Gasteiger partial charge in [0.15, 0.2) is 5.78 Å². The molecule has 2 aliphatic rings. The SMILES string of the molecule is CCON1C(=O)C(c2c(C)cc(C)cc2C)C(=O)C12CCN(OCC(C)CC)CC2. The average Bonchev–Trinajstić information content (AvgIpc) is 2.89. The molecule has 2 unspecified atom stereocenters. The molecule has 2 heterocycles. The highest BCUT2D eigenvalue weighted by Gasteiger charge is 2.61. The van der Waals surface area contributed by atoms with E-state index in [-0.39, 0.29) is 11.7 Å². The Labute approximate surface area is 180 Å². The van der Waals surface area contributed by atoms with Crippen LogP contribution >= 0.6 is 0 Å². The fraction of sp³-hybridized carbons (Fsp3) is 0.667. The molecule has 2 atom stereocenters. The van der Waals surface area contributed by atoms with E-state index in [2.05, 4.69) is 13.8 Å². The predicted molar refractivity (Wildman–Crippen MR) is 116 cm³/mol. The van der Waals surface area contributed by atoms with Crippen LogP contribution in [0.4, 0.5) is 0 Å². The third-order valence-corrected chi connectivity index (χ3v) is 6.63. The molecule has 1 aromatic rings. The molecular formula is C24H36N2O4. The lowest BCUT2D eigenvalue weighted by Crippen LogP contribution is -2.56. The van der Waals surface area contributed by atoms with Gasteiger partial charge in [0.25, 0.3) is 5.91 Å². The molecule has 0 saturated carbocycles. The molecule has 166 valence electrons. The zero-order chi connectivity index (χ0) is 22.1. The predicted octanol–water partition coefficient (Wildman–Crippen LogP) is 3.87. The Kier molecular flexibility index (Phi) is 7.00. The first-order valence-corrected chi connectivity index (χ1v) is 11.2. The Hall–Kier alpha value is -1.76. The molecule has 2 aliphatic heterocycles. The maximum Gasteiger partial charge on any atom is 0.262 e. The van der Waals surface area contributed by atoms with E-state index in [4.69, 9.17) is 9.68 Å². The standard InChI is InChI=1S/C24H36N2O4/c1-7-16(3)15-30-25-11-9-24(10-12-25)22(27)21(23(28)26(24)29-8-2)20-18(5)13-17(4)14-19(20)6/h13-14,16,21H,7-12,15H2,1-6H3. The Bertz CT molecular complexity index is 775. The number of ketones is 1. The Morgan fingerprint density at radius 1 is 1.07 bits per heavy atom. The van der Waals surface area contributed by atoms with Crippen molar-refractivity contribution in [3.63, 3.8) is 0 Å². The van der Waals surface area contributed by atoms with Gasteiger partial charge in [-0.25, -0.2) is 5.06 Å². The number of rotatable bonds is 7. The first-order chi connectivity index (χ1) is 14.2. The molecule has 0 aromatic heterocycles. The molecule has 2 fully saturated rings. The van der Waals surface area contributed by atoms with Crippen LogP contribution in [0, 0.1) is 26.7 Å². The van der Waals surface area contributed by atoms with E-state index < -0.39 is 11.5 Å². The van der Waals surface area contributed by atoms with Crippen molar-refractivity contribution in [3.05, 3.63) is 34.4 Å². The van der Waals surface area contributed by atoms with Crippen molar-refractivity contribution in [1.82, 2.24) is 10.1 Å². The van der Waals surface area contributed by atoms with Crippen molar-refractivity contribution in [1.29, 1.82) is 0 Å². The number of hydroxylamine groups is 4. The monoisotopic (exact) mass is 416 g/mol. The molecule has 1 amide bonds. The highest BCUT2D eigenvalue weighted by molar-refractivity contribution is 6.17. The summed E-state index contributed by atoms with van der Waals surface area (Å²) >= 11 is 0. The van der Waals surface area contributed by atoms with E-state index in [1.807, 2.05) is 44.9 Å². The van der Waals surface area contributed by atoms with E-state index in [0.717, 1.165) is 28.7 Å². The molecular weight excluding hydrogens is 380 g/mol. The van der Waals surface area contributed by atoms with Gasteiger partial charge in [-0.3, -0.25) is 19.3 Å². The summed E-state index contributed by atoms with van der Waals surface area (Å²) in [4.78, 5) is 38.9. The van der Waals surface area contributed by atoms with Gasteiger partial charge in [-0.2, -0.15) is 5.06 Å². The molecule has 0 N–H and O–H groups in total. The zero-order valence-electron chi connectivity index (χ0n) is 19.3. The summed E-state index contributed by atoms with van der Waals surface area (Å²) < 4.78 is 0. The number of amides is 1. The summed E-state index contributed by atoms with van der Waals surface area (Å²) in [5, 5.41) is 3.35. The van der Waals surface area contributed by atoms with Crippen LogP contribution in [0.1, 0.15) is 68.2 Å². The number of nitrogens with zero attached hydrogens (tertiary/aromatic N) is 2. The second kappa shape index (κ2) is 9.16. The van der Waals surface area contributed by atoms with Crippen LogP contribution in [-0.2, 0) is 19.3 Å². The summed E-state index contributed by atoms with van der Waals surface area (Å²) in [6.07, 6.45) is 2.12. The number of hydrogen-bond acceptors (Lipinski definition) is 5. The van der Waals surface area contributed by atoms with Gasteiger partial charge >= 0.3 is 0 Å². The lowest BCUT2D eigenvalue weighted by molar-refractivity contribution is -0.235.